The van der Waals surface area contributed by atoms with E-state index in [0.717, 1.165) is 17.9 Å². The topological polar surface area (TPSA) is 35.0 Å². The number of hydrogen-bond acceptors (Lipinski definition) is 3. The number of hydrogen-bond donors (Lipinski definition) is 0. The van der Waals surface area contributed by atoms with Crippen molar-refractivity contribution < 1.29 is 4.74 Å². The van der Waals surface area contributed by atoms with Gasteiger partial charge in [-0.2, -0.15) is 0 Å². The lowest BCUT2D eigenvalue weighted by Crippen LogP contribution is -1.95. The molecule has 0 saturated carbocycles. The van der Waals surface area contributed by atoms with E-state index in [2.05, 4.69) is 9.97 Å². The van der Waals surface area contributed by atoms with Gasteiger partial charge < -0.3 is 4.74 Å². The summed E-state index contributed by atoms with van der Waals surface area (Å²) >= 11 is 6.14. The maximum atomic E-state index is 6.14. The molecule has 0 spiro atoms. The summed E-state index contributed by atoms with van der Waals surface area (Å²) < 4.78 is 5.62. The minimum atomic E-state index is 0.405. The number of aryl methyl sites for hydroxylation is 2. The van der Waals surface area contributed by atoms with Gasteiger partial charge in [0.05, 0.1) is 5.69 Å². The van der Waals surface area contributed by atoms with E-state index in [-0.39, 0.29) is 0 Å². The number of benzene rings is 1. The predicted octanol–water partition coefficient (Wildman–Crippen LogP) is 3.79. The fourth-order valence-corrected chi connectivity index (χ4v) is 1.69. The number of rotatable bonds is 3. The summed E-state index contributed by atoms with van der Waals surface area (Å²) in [4.78, 5) is 8.13. The molecule has 1 aromatic carbocycles. The first-order valence-corrected chi connectivity index (χ1v) is 5.82. The van der Waals surface area contributed by atoms with Crippen LogP contribution in [-0.4, -0.2) is 9.97 Å². The molecule has 0 atom stereocenters. The van der Waals surface area contributed by atoms with Gasteiger partial charge in [0, 0.05) is 0 Å². The molecule has 0 N–H and O–H groups in total. The molecular weight excluding hydrogens is 236 g/mol. The highest BCUT2D eigenvalue weighted by atomic mass is 35.5. The Balaban J connectivity index is 2.27. The standard InChI is InChI=1S/C13H13ClN2O/c1-3-11-12(14)13(16-8-15-11)17-10-6-4-9(2)5-7-10/h4-8H,3H2,1-2H3. The highest BCUT2D eigenvalue weighted by Crippen LogP contribution is 2.28. The van der Waals surface area contributed by atoms with Gasteiger partial charge in [-0.25, -0.2) is 9.97 Å². The van der Waals surface area contributed by atoms with E-state index in [1.807, 2.05) is 38.1 Å². The summed E-state index contributed by atoms with van der Waals surface area (Å²) in [6.07, 6.45) is 2.22. The lowest BCUT2D eigenvalue weighted by molar-refractivity contribution is 0.460. The van der Waals surface area contributed by atoms with Crippen molar-refractivity contribution in [3.63, 3.8) is 0 Å². The van der Waals surface area contributed by atoms with Crippen LogP contribution >= 0.6 is 11.6 Å². The van der Waals surface area contributed by atoms with Crippen molar-refractivity contribution in [2.75, 3.05) is 0 Å². The Bertz CT molecular complexity index is 511. The lowest BCUT2D eigenvalue weighted by atomic mass is 10.2. The maximum Gasteiger partial charge on any atom is 0.241 e. The number of aromatic nitrogens is 2. The zero-order valence-electron chi connectivity index (χ0n) is 9.77. The monoisotopic (exact) mass is 248 g/mol. The van der Waals surface area contributed by atoms with Crippen molar-refractivity contribution >= 4 is 11.6 Å². The molecule has 0 amide bonds. The van der Waals surface area contributed by atoms with Gasteiger partial charge in [0.1, 0.15) is 17.1 Å². The summed E-state index contributed by atoms with van der Waals surface area (Å²) in [5.74, 6) is 1.13. The molecule has 0 fully saturated rings. The van der Waals surface area contributed by atoms with Crippen LogP contribution in [0.2, 0.25) is 5.02 Å². The fourth-order valence-electron chi connectivity index (χ4n) is 1.42. The molecule has 88 valence electrons. The van der Waals surface area contributed by atoms with Crippen LogP contribution in [0.5, 0.6) is 11.6 Å². The average Bonchev–Trinajstić information content (AvgIpc) is 2.35. The van der Waals surface area contributed by atoms with Crippen LogP contribution in [0.4, 0.5) is 0 Å². The second-order valence-electron chi connectivity index (χ2n) is 3.71. The molecular formula is C13H13ClN2O. The van der Waals surface area contributed by atoms with Gasteiger partial charge in [-0.15, -0.1) is 0 Å². The molecule has 0 aliphatic heterocycles. The zero-order chi connectivity index (χ0) is 12.3. The second kappa shape index (κ2) is 5.15. The van der Waals surface area contributed by atoms with Gasteiger partial charge in [0.2, 0.25) is 5.88 Å². The first kappa shape index (κ1) is 11.9. The van der Waals surface area contributed by atoms with Crippen LogP contribution in [0.1, 0.15) is 18.2 Å². The molecule has 17 heavy (non-hydrogen) atoms. The predicted molar refractivity (Wildman–Crippen MR) is 67.7 cm³/mol. The molecule has 0 saturated heterocycles. The summed E-state index contributed by atoms with van der Waals surface area (Å²) in [5.41, 5.74) is 1.98. The Morgan fingerprint density at radius 1 is 1.18 bits per heavy atom. The van der Waals surface area contributed by atoms with Crippen molar-refractivity contribution in [2.24, 2.45) is 0 Å². The number of halogens is 1. The maximum absolute atomic E-state index is 6.14. The normalized spacial score (nSPS) is 10.3. The van der Waals surface area contributed by atoms with E-state index in [4.69, 9.17) is 16.3 Å². The Hall–Kier alpha value is -1.61. The molecule has 2 rings (SSSR count). The summed E-state index contributed by atoms with van der Waals surface area (Å²) in [5, 5.41) is 0.482. The molecule has 2 aromatic rings. The van der Waals surface area contributed by atoms with E-state index in [1.54, 1.807) is 0 Å². The fraction of sp³-hybridized carbons (Fsp3) is 0.231. The Labute approximate surface area is 105 Å². The first-order chi connectivity index (χ1) is 8.20. The lowest BCUT2D eigenvalue weighted by Gasteiger charge is -2.08. The molecule has 0 aliphatic rings. The minimum Gasteiger partial charge on any atom is -0.437 e. The van der Waals surface area contributed by atoms with Gasteiger partial charge in [0.25, 0.3) is 0 Å². The van der Waals surface area contributed by atoms with Crippen molar-refractivity contribution in [2.45, 2.75) is 20.3 Å². The summed E-state index contributed by atoms with van der Waals surface area (Å²) in [6.45, 7) is 4.01. The van der Waals surface area contributed by atoms with E-state index in [9.17, 15) is 0 Å². The van der Waals surface area contributed by atoms with Crippen molar-refractivity contribution in [3.05, 3.63) is 46.9 Å². The molecule has 1 aromatic heterocycles. The Morgan fingerprint density at radius 3 is 2.53 bits per heavy atom. The van der Waals surface area contributed by atoms with Crippen LogP contribution in [0.25, 0.3) is 0 Å². The minimum absolute atomic E-state index is 0.405. The van der Waals surface area contributed by atoms with Crippen LogP contribution in [0, 0.1) is 6.92 Å². The van der Waals surface area contributed by atoms with Crippen molar-refractivity contribution in [1.82, 2.24) is 9.97 Å². The summed E-state index contributed by atoms with van der Waals surface area (Å²) in [7, 11) is 0. The van der Waals surface area contributed by atoms with Crippen LogP contribution in [-0.2, 0) is 6.42 Å². The van der Waals surface area contributed by atoms with E-state index >= 15 is 0 Å². The second-order valence-corrected chi connectivity index (χ2v) is 4.09. The van der Waals surface area contributed by atoms with Crippen molar-refractivity contribution in [1.29, 1.82) is 0 Å². The van der Waals surface area contributed by atoms with E-state index in [0.29, 0.717) is 10.9 Å². The molecule has 1 heterocycles. The first-order valence-electron chi connectivity index (χ1n) is 5.44. The third-order valence-corrected chi connectivity index (χ3v) is 2.78. The van der Waals surface area contributed by atoms with Gasteiger partial charge >= 0.3 is 0 Å². The van der Waals surface area contributed by atoms with Gasteiger partial charge in [-0.1, -0.05) is 36.2 Å². The highest BCUT2D eigenvalue weighted by molar-refractivity contribution is 6.32. The smallest absolute Gasteiger partial charge is 0.241 e. The molecule has 0 unspecified atom stereocenters. The van der Waals surface area contributed by atoms with Crippen LogP contribution < -0.4 is 4.74 Å². The van der Waals surface area contributed by atoms with Gasteiger partial charge in [0.15, 0.2) is 0 Å². The average molecular weight is 249 g/mol. The largest absolute Gasteiger partial charge is 0.437 e. The van der Waals surface area contributed by atoms with Gasteiger partial charge in [-0.05, 0) is 25.5 Å². The third-order valence-electron chi connectivity index (χ3n) is 2.40. The molecule has 3 nitrogen and oxygen atoms in total. The quantitative estimate of drug-likeness (QED) is 0.829. The SMILES string of the molecule is CCc1ncnc(Oc2ccc(C)cc2)c1Cl. The number of ether oxygens (including phenoxy) is 1. The third kappa shape index (κ3) is 2.74. The molecule has 0 aliphatic carbocycles. The molecule has 4 heteroatoms. The van der Waals surface area contributed by atoms with E-state index < -0.39 is 0 Å². The highest BCUT2D eigenvalue weighted by Gasteiger charge is 2.09. The van der Waals surface area contributed by atoms with Crippen molar-refractivity contribution in [3.8, 4) is 11.6 Å². The Kier molecular flexibility index (Phi) is 3.59. The van der Waals surface area contributed by atoms with Gasteiger partial charge in [-0.3, -0.25) is 0 Å². The van der Waals surface area contributed by atoms with E-state index in [1.165, 1.54) is 11.9 Å². The number of nitrogens with zero attached hydrogens (tertiary/aromatic N) is 2. The molecule has 0 bridgehead atoms. The van der Waals surface area contributed by atoms with Crippen LogP contribution in [0.3, 0.4) is 0 Å². The van der Waals surface area contributed by atoms with Crippen LogP contribution in [0.15, 0.2) is 30.6 Å². The summed E-state index contributed by atoms with van der Waals surface area (Å²) in [6, 6.07) is 7.73. The Morgan fingerprint density at radius 2 is 1.88 bits per heavy atom. The zero-order valence-corrected chi connectivity index (χ0v) is 10.5. The molecule has 0 radical (unpaired) electrons.